The average Bonchev–Trinajstić information content (AvgIpc) is 3.11. The van der Waals surface area contributed by atoms with Crippen molar-refractivity contribution in [3.05, 3.63) is 29.8 Å². The lowest BCUT2D eigenvalue weighted by Crippen LogP contribution is -2.34. The molecular formula is C16H24N2O2S. The molecule has 4 nitrogen and oxygen atoms in total. The van der Waals surface area contributed by atoms with Gasteiger partial charge in [-0.2, -0.15) is 0 Å². The van der Waals surface area contributed by atoms with Gasteiger partial charge in [0, 0.05) is 18.7 Å². The van der Waals surface area contributed by atoms with Gasteiger partial charge in [-0.3, -0.25) is 0 Å². The Hall–Kier alpha value is -1.17. The van der Waals surface area contributed by atoms with E-state index in [0.717, 1.165) is 23.9 Å². The van der Waals surface area contributed by atoms with Crippen LogP contribution in [0.25, 0.3) is 0 Å². The maximum Gasteiger partial charge on any atom is 0.120 e. The Morgan fingerprint density at radius 1 is 1.57 bits per heavy atom. The molecule has 1 aromatic rings. The standard InChI is InChI=1S/C16H24N2O2S/c1-11-6-13(11)8-18(2)9-14(19)10-20-15-5-3-4-12(7-15)16(17)21/h3-5,7,11,13-14,19H,6,8-10H2,1-2H3,(H2,17,21). The number of aliphatic hydroxyl groups excluding tert-OH is 1. The first-order valence-electron chi connectivity index (χ1n) is 7.35. The molecule has 3 atom stereocenters. The second-order valence-electron chi connectivity index (χ2n) is 6.05. The SMILES string of the molecule is CC1CC1CN(C)CC(O)COc1cccc(C(N)=S)c1. The quantitative estimate of drug-likeness (QED) is 0.715. The Kier molecular flexibility index (Phi) is 5.56. The van der Waals surface area contributed by atoms with Crippen LogP contribution in [0.2, 0.25) is 0 Å². The molecule has 1 aliphatic carbocycles. The van der Waals surface area contributed by atoms with Gasteiger partial charge < -0.3 is 20.5 Å². The summed E-state index contributed by atoms with van der Waals surface area (Å²) in [6.45, 7) is 4.21. The summed E-state index contributed by atoms with van der Waals surface area (Å²) < 4.78 is 5.61. The van der Waals surface area contributed by atoms with Crippen LogP contribution >= 0.6 is 12.2 Å². The second kappa shape index (κ2) is 7.20. The maximum atomic E-state index is 10.0. The monoisotopic (exact) mass is 308 g/mol. The summed E-state index contributed by atoms with van der Waals surface area (Å²) in [6, 6.07) is 7.32. The van der Waals surface area contributed by atoms with Crippen molar-refractivity contribution in [2.75, 3.05) is 26.7 Å². The summed E-state index contributed by atoms with van der Waals surface area (Å²) in [5.41, 5.74) is 6.36. The van der Waals surface area contributed by atoms with E-state index in [1.165, 1.54) is 6.42 Å². The number of hydrogen-bond donors (Lipinski definition) is 2. The van der Waals surface area contributed by atoms with E-state index in [1.54, 1.807) is 6.07 Å². The van der Waals surface area contributed by atoms with Crippen molar-refractivity contribution in [3.63, 3.8) is 0 Å². The molecule has 3 unspecified atom stereocenters. The molecule has 0 saturated heterocycles. The molecule has 0 spiro atoms. The number of likely N-dealkylation sites (N-methyl/N-ethyl adjacent to an activating group) is 1. The van der Waals surface area contributed by atoms with Crippen LogP contribution in [0.4, 0.5) is 0 Å². The molecule has 116 valence electrons. The first kappa shape index (κ1) is 16.2. The molecule has 5 heteroatoms. The van der Waals surface area contributed by atoms with Crippen molar-refractivity contribution in [1.29, 1.82) is 0 Å². The van der Waals surface area contributed by atoms with Crippen LogP contribution in [0, 0.1) is 11.8 Å². The minimum absolute atomic E-state index is 0.269. The highest BCUT2D eigenvalue weighted by molar-refractivity contribution is 7.80. The highest BCUT2D eigenvalue weighted by Crippen LogP contribution is 2.37. The number of thiocarbonyl (C=S) groups is 1. The molecule has 21 heavy (non-hydrogen) atoms. The molecule has 0 radical (unpaired) electrons. The Morgan fingerprint density at radius 3 is 2.90 bits per heavy atom. The smallest absolute Gasteiger partial charge is 0.120 e. The number of ether oxygens (including phenoxy) is 1. The Labute approximate surface area is 131 Å². The van der Waals surface area contributed by atoms with E-state index < -0.39 is 6.10 Å². The van der Waals surface area contributed by atoms with E-state index in [9.17, 15) is 5.11 Å². The number of nitrogens with two attached hydrogens (primary N) is 1. The fourth-order valence-electron chi connectivity index (χ4n) is 2.47. The van der Waals surface area contributed by atoms with E-state index >= 15 is 0 Å². The molecular weight excluding hydrogens is 284 g/mol. The molecule has 1 aromatic carbocycles. The van der Waals surface area contributed by atoms with Gasteiger partial charge in [0.05, 0.1) is 0 Å². The zero-order valence-corrected chi connectivity index (χ0v) is 13.5. The lowest BCUT2D eigenvalue weighted by molar-refractivity contribution is 0.0747. The average molecular weight is 308 g/mol. The third-order valence-corrected chi connectivity index (χ3v) is 4.14. The summed E-state index contributed by atoms with van der Waals surface area (Å²) in [5.74, 6) is 2.31. The third-order valence-electron chi connectivity index (χ3n) is 3.91. The Balaban J connectivity index is 1.74. The van der Waals surface area contributed by atoms with E-state index in [1.807, 2.05) is 25.2 Å². The van der Waals surface area contributed by atoms with Crippen molar-refractivity contribution in [3.8, 4) is 5.75 Å². The van der Waals surface area contributed by atoms with Gasteiger partial charge in [-0.1, -0.05) is 31.3 Å². The molecule has 0 amide bonds. The number of hydrogen-bond acceptors (Lipinski definition) is 4. The van der Waals surface area contributed by atoms with Crippen LogP contribution in [0.1, 0.15) is 18.9 Å². The third kappa shape index (κ3) is 5.26. The van der Waals surface area contributed by atoms with Gasteiger partial charge in [-0.05, 0) is 37.4 Å². The van der Waals surface area contributed by atoms with Crippen LogP contribution < -0.4 is 10.5 Å². The number of nitrogens with zero attached hydrogens (tertiary/aromatic N) is 1. The van der Waals surface area contributed by atoms with Gasteiger partial charge in [0.15, 0.2) is 0 Å². The van der Waals surface area contributed by atoms with Crippen molar-refractivity contribution in [1.82, 2.24) is 4.90 Å². The largest absolute Gasteiger partial charge is 0.491 e. The summed E-state index contributed by atoms with van der Waals surface area (Å²) >= 11 is 4.94. The van der Waals surface area contributed by atoms with E-state index in [0.29, 0.717) is 17.3 Å². The molecule has 1 fully saturated rings. The lowest BCUT2D eigenvalue weighted by atomic mass is 10.2. The normalized spacial score (nSPS) is 22.1. The van der Waals surface area contributed by atoms with Gasteiger partial charge in [-0.25, -0.2) is 0 Å². The summed E-state index contributed by atoms with van der Waals surface area (Å²) in [6.07, 6.45) is 0.806. The molecule has 0 aliphatic heterocycles. The van der Waals surface area contributed by atoms with E-state index in [4.69, 9.17) is 22.7 Å². The van der Waals surface area contributed by atoms with Crippen molar-refractivity contribution in [2.45, 2.75) is 19.4 Å². The molecule has 3 N–H and O–H groups in total. The summed E-state index contributed by atoms with van der Waals surface area (Å²) in [7, 11) is 2.04. The fourth-order valence-corrected chi connectivity index (χ4v) is 2.60. The van der Waals surface area contributed by atoms with Gasteiger partial charge in [0.25, 0.3) is 0 Å². The molecule has 0 aromatic heterocycles. The Morgan fingerprint density at radius 2 is 2.29 bits per heavy atom. The highest BCUT2D eigenvalue weighted by Gasteiger charge is 2.33. The minimum atomic E-state index is -0.502. The minimum Gasteiger partial charge on any atom is -0.491 e. The molecule has 2 rings (SSSR count). The second-order valence-corrected chi connectivity index (χ2v) is 6.49. The van der Waals surface area contributed by atoms with Crippen LogP contribution in [0.3, 0.4) is 0 Å². The van der Waals surface area contributed by atoms with Gasteiger partial charge in [-0.15, -0.1) is 0 Å². The van der Waals surface area contributed by atoms with Crippen LogP contribution in [0.5, 0.6) is 5.75 Å². The van der Waals surface area contributed by atoms with Gasteiger partial charge >= 0.3 is 0 Å². The molecule has 0 bridgehead atoms. The highest BCUT2D eigenvalue weighted by atomic mass is 32.1. The lowest BCUT2D eigenvalue weighted by Gasteiger charge is -2.20. The van der Waals surface area contributed by atoms with Gasteiger partial charge in [0.1, 0.15) is 23.4 Å². The van der Waals surface area contributed by atoms with Crippen LogP contribution in [-0.4, -0.2) is 47.8 Å². The molecule has 1 saturated carbocycles. The first-order chi connectivity index (χ1) is 9.95. The van der Waals surface area contributed by atoms with Crippen LogP contribution in [-0.2, 0) is 0 Å². The van der Waals surface area contributed by atoms with Gasteiger partial charge in [0.2, 0.25) is 0 Å². The maximum absolute atomic E-state index is 10.0. The predicted molar refractivity (Wildman–Crippen MR) is 88.6 cm³/mol. The van der Waals surface area contributed by atoms with E-state index in [2.05, 4.69) is 11.8 Å². The molecule has 1 aliphatic rings. The zero-order valence-electron chi connectivity index (χ0n) is 12.7. The first-order valence-corrected chi connectivity index (χ1v) is 7.76. The van der Waals surface area contributed by atoms with Crippen molar-refractivity contribution in [2.24, 2.45) is 17.6 Å². The number of rotatable bonds is 8. The molecule has 0 heterocycles. The summed E-state index contributed by atoms with van der Waals surface area (Å²) in [4.78, 5) is 2.52. The van der Waals surface area contributed by atoms with Crippen molar-refractivity contribution < 1.29 is 9.84 Å². The van der Waals surface area contributed by atoms with E-state index in [-0.39, 0.29) is 6.61 Å². The summed E-state index contributed by atoms with van der Waals surface area (Å²) in [5, 5.41) is 10.0. The number of aliphatic hydroxyl groups is 1. The van der Waals surface area contributed by atoms with Crippen LogP contribution in [0.15, 0.2) is 24.3 Å². The fraction of sp³-hybridized carbons (Fsp3) is 0.562. The topological polar surface area (TPSA) is 58.7 Å². The Bertz CT molecular complexity index is 495. The van der Waals surface area contributed by atoms with Crippen molar-refractivity contribution >= 4 is 17.2 Å². The predicted octanol–water partition coefficient (Wildman–Crippen LogP) is 1.65. The zero-order chi connectivity index (χ0) is 15.4. The number of benzene rings is 1.